The molecule has 1 aliphatic rings. The molecule has 0 bridgehead atoms. The molecule has 140 valence electrons. The molecule has 9 heteroatoms. The molecule has 1 saturated heterocycles. The molecule has 2 aromatic heterocycles. The van der Waals surface area contributed by atoms with Gasteiger partial charge in [-0.1, -0.05) is 18.2 Å². The van der Waals surface area contributed by atoms with Crippen LogP contribution in [0.2, 0.25) is 0 Å². The number of piperazine rings is 1. The first kappa shape index (κ1) is 17.5. The summed E-state index contributed by atoms with van der Waals surface area (Å²) in [6, 6.07) is 8.19. The van der Waals surface area contributed by atoms with Crippen LogP contribution in [0.25, 0.3) is 11.0 Å². The van der Waals surface area contributed by atoms with Crippen molar-refractivity contribution in [1.29, 1.82) is 0 Å². The average Bonchev–Trinajstić information content (AvgIpc) is 3.10. The minimum absolute atomic E-state index is 0.129. The van der Waals surface area contributed by atoms with Gasteiger partial charge in [-0.2, -0.15) is 4.37 Å². The Labute approximate surface area is 158 Å². The van der Waals surface area contributed by atoms with E-state index in [1.54, 1.807) is 4.90 Å². The molecule has 8 nitrogen and oxygen atoms in total. The van der Waals surface area contributed by atoms with Gasteiger partial charge < -0.3 is 14.8 Å². The Morgan fingerprint density at radius 1 is 1.15 bits per heavy atom. The van der Waals surface area contributed by atoms with E-state index in [1.165, 1.54) is 18.3 Å². The number of aromatic amines is 1. The van der Waals surface area contributed by atoms with Gasteiger partial charge in [0.15, 0.2) is 5.52 Å². The first-order valence-electron chi connectivity index (χ1n) is 8.66. The van der Waals surface area contributed by atoms with Gasteiger partial charge in [0.05, 0.1) is 5.52 Å². The number of nitrogens with one attached hydrogen (secondary N) is 1. The fourth-order valence-electron chi connectivity index (χ4n) is 3.35. The lowest BCUT2D eigenvalue weighted by Gasteiger charge is -2.36. The Morgan fingerprint density at radius 3 is 2.56 bits per heavy atom. The molecule has 1 aliphatic heterocycles. The van der Waals surface area contributed by atoms with Gasteiger partial charge in [-0.25, -0.2) is 4.79 Å². The first-order chi connectivity index (χ1) is 13.0. The Kier molecular flexibility index (Phi) is 4.31. The van der Waals surface area contributed by atoms with Crippen molar-refractivity contribution in [2.75, 3.05) is 31.1 Å². The number of amides is 1. The number of nitrogens with zero attached hydrogens (tertiary/aromatic N) is 4. The van der Waals surface area contributed by atoms with E-state index >= 15 is 0 Å². The highest BCUT2D eigenvalue weighted by atomic mass is 32.1. The molecule has 1 N–H and O–H groups in total. The zero-order valence-electron chi connectivity index (χ0n) is 15.1. The molecule has 1 fully saturated rings. The second-order valence-corrected chi connectivity index (χ2v) is 7.37. The van der Waals surface area contributed by atoms with E-state index in [0.29, 0.717) is 18.0 Å². The molecule has 0 radical (unpaired) electrons. The second kappa shape index (κ2) is 6.66. The van der Waals surface area contributed by atoms with Crippen LogP contribution in [0.4, 0.5) is 5.69 Å². The summed E-state index contributed by atoms with van der Waals surface area (Å²) in [5.41, 5.74) is 1.71. The number of anilines is 1. The number of carbonyl (C=O) groups excluding carboxylic acids is 1. The summed E-state index contributed by atoms with van der Waals surface area (Å²) >= 11 is 0.958. The van der Waals surface area contributed by atoms with Gasteiger partial charge in [-0.15, -0.1) is 0 Å². The van der Waals surface area contributed by atoms with E-state index in [1.807, 2.05) is 12.1 Å². The van der Waals surface area contributed by atoms with E-state index in [0.717, 1.165) is 29.2 Å². The standard InChI is InChI=1S/C18H19N5O3S/c1-11-5-3-4-6-12(11)22-7-9-23(10-8-22)17(25)15-13-14(20-27-15)16(24)21(2)18(26)19-13/h3-6H,7-10H2,1-2H3,(H,19,26). The van der Waals surface area contributed by atoms with Crippen LogP contribution in [0.15, 0.2) is 33.9 Å². The lowest BCUT2D eigenvalue weighted by Crippen LogP contribution is -2.49. The van der Waals surface area contributed by atoms with Gasteiger partial charge in [0.1, 0.15) is 4.88 Å². The maximum Gasteiger partial charge on any atom is 0.328 e. The van der Waals surface area contributed by atoms with Gasteiger partial charge in [-0.3, -0.25) is 14.2 Å². The number of aromatic nitrogens is 3. The van der Waals surface area contributed by atoms with Crippen LogP contribution in [-0.2, 0) is 7.05 Å². The number of hydrogen-bond acceptors (Lipinski definition) is 6. The van der Waals surface area contributed by atoms with E-state index in [2.05, 4.69) is 33.3 Å². The second-order valence-electron chi connectivity index (χ2n) is 6.60. The third-order valence-corrected chi connectivity index (χ3v) is 5.79. The minimum atomic E-state index is -0.550. The fourth-order valence-corrected chi connectivity index (χ4v) is 4.15. The predicted molar refractivity (Wildman–Crippen MR) is 105 cm³/mol. The lowest BCUT2D eigenvalue weighted by atomic mass is 10.1. The highest BCUT2D eigenvalue weighted by molar-refractivity contribution is 7.09. The summed E-state index contributed by atoms with van der Waals surface area (Å²) in [7, 11) is 1.38. The summed E-state index contributed by atoms with van der Waals surface area (Å²) < 4.78 is 5.05. The largest absolute Gasteiger partial charge is 0.368 e. The average molecular weight is 385 g/mol. The summed E-state index contributed by atoms with van der Waals surface area (Å²) in [6.07, 6.45) is 0. The molecule has 0 saturated carbocycles. The van der Waals surface area contributed by atoms with Crippen molar-refractivity contribution in [3.63, 3.8) is 0 Å². The Morgan fingerprint density at radius 2 is 1.85 bits per heavy atom. The van der Waals surface area contributed by atoms with Gasteiger partial charge in [-0.05, 0) is 30.1 Å². The third-order valence-electron chi connectivity index (χ3n) is 4.95. The molecular weight excluding hydrogens is 366 g/mol. The molecule has 3 aromatic rings. The Bertz CT molecular complexity index is 1140. The molecular formula is C18H19N5O3S. The third kappa shape index (κ3) is 2.93. The molecule has 0 spiro atoms. The van der Waals surface area contributed by atoms with Crippen LogP contribution in [0.3, 0.4) is 0 Å². The van der Waals surface area contributed by atoms with Gasteiger partial charge >= 0.3 is 5.69 Å². The van der Waals surface area contributed by atoms with Crippen molar-refractivity contribution >= 4 is 34.2 Å². The molecule has 0 aliphatic carbocycles. The predicted octanol–water partition coefficient (Wildman–Crippen LogP) is 0.954. The molecule has 1 amide bonds. The van der Waals surface area contributed by atoms with Crippen LogP contribution >= 0.6 is 11.5 Å². The normalized spacial score (nSPS) is 14.7. The van der Waals surface area contributed by atoms with Crippen molar-refractivity contribution in [2.45, 2.75) is 6.92 Å². The summed E-state index contributed by atoms with van der Waals surface area (Å²) in [5, 5.41) is 0. The number of carbonyl (C=O) groups is 1. The van der Waals surface area contributed by atoms with E-state index in [4.69, 9.17) is 0 Å². The number of para-hydroxylation sites is 1. The van der Waals surface area contributed by atoms with Crippen LogP contribution in [-0.4, -0.2) is 50.9 Å². The van der Waals surface area contributed by atoms with Crippen molar-refractivity contribution in [3.8, 4) is 0 Å². The van der Waals surface area contributed by atoms with Crippen molar-refractivity contribution in [1.82, 2.24) is 18.8 Å². The monoisotopic (exact) mass is 385 g/mol. The molecule has 27 heavy (non-hydrogen) atoms. The topological polar surface area (TPSA) is 91.3 Å². The van der Waals surface area contributed by atoms with Crippen LogP contribution < -0.4 is 16.1 Å². The van der Waals surface area contributed by atoms with Crippen molar-refractivity contribution in [2.24, 2.45) is 7.05 Å². The zero-order valence-corrected chi connectivity index (χ0v) is 15.9. The number of H-pyrrole nitrogens is 1. The highest BCUT2D eigenvalue weighted by Gasteiger charge is 2.27. The fraction of sp³-hybridized carbons (Fsp3) is 0.333. The minimum Gasteiger partial charge on any atom is -0.368 e. The molecule has 4 rings (SSSR count). The maximum absolute atomic E-state index is 12.9. The summed E-state index contributed by atoms with van der Waals surface area (Å²) in [4.78, 5) is 43.9. The van der Waals surface area contributed by atoms with Gasteiger partial charge in [0.2, 0.25) is 0 Å². The Balaban J connectivity index is 1.57. The van der Waals surface area contributed by atoms with E-state index in [-0.39, 0.29) is 16.9 Å². The zero-order chi connectivity index (χ0) is 19.1. The quantitative estimate of drug-likeness (QED) is 0.709. The SMILES string of the molecule is Cc1ccccc1N1CCN(C(=O)c2snc3c(=O)n(C)c(=O)[nH]c23)CC1. The van der Waals surface area contributed by atoms with E-state index < -0.39 is 11.2 Å². The molecule has 0 unspecified atom stereocenters. The smallest absolute Gasteiger partial charge is 0.328 e. The van der Waals surface area contributed by atoms with Gasteiger partial charge in [0, 0.05) is 38.9 Å². The lowest BCUT2D eigenvalue weighted by molar-refractivity contribution is 0.0753. The maximum atomic E-state index is 12.9. The van der Waals surface area contributed by atoms with Crippen LogP contribution in [0.5, 0.6) is 0 Å². The number of aryl methyl sites for hydroxylation is 1. The van der Waals surface area contributed by atoms with Crippen LogP contribution in [0.1, 0.15) is 15.2 Å². The Hall–Kier alpha value is -2.94. The van der Waals surface area contributed by atoms with E-state index in [9.17, 15) is 14.4 Å². The molecule has 3 heterocycles. The number of fused-ring (bicyclic) bond motifs is 1. The van der Waals surface area contributed by atoms with Crippen molar-refractivity contribution < 1.29 is 4.79 Å². The number of hydrogen-bond donors (Lipinski definition) is 1. The number of benzene rings is 1. The molecule has 0 atom stereocenters. The first-order valence-corrected chi connectivity index (χ1v) is 9.43. The van der Waals surface area contributed by atoms with Gasteiger partial charge in [0.25, 0.3) is 11.5 Å². The highest BCUT2D eigenvalue weighted by Crippen LogP contribution is 2.23. The molecule has 1 aromatic carbocycles. The number of rotatable bonds is 2. The summed E-state index contributed by atoms with van der Waals surface area (Å²) in [5.74, 6) is -0.198. The summed E-state index contributed by atoms with van der Waals surface area (Å²) in [6.45, 7) is 4.67. The van der Waals surface area contributed by atoms with Crippen molar-refractivity contribution in [3.05, 3.63) is 55.5 Å². The van der Waals surface area contributed by atoms with Crippen LogP contribution in [0, 0.1) is 6.92 Å².